The molecule has 0 spiro atoms. The maximum absolute atomic E-state index is 13.2. The van der Waals surface area contributed by atoms with Crippen LogP contribution in [0.1, 0.15) is 17.9 Å². The molecule has 0 aromatic heterocycles. The predicted octanol–water partition coefficient (Wildman–Crippen LogP) is 3.45. The Bertz CT molecular complexity index is 938. The van der Waals surface area contributed by atoms with Gasteiger partial charge in [-0.2, -0.15) is 0 Å². The maximum atomic E-state index is 13.2. The predicted molar refractivity (Wildman–Crippen MR) is 134 cm³/mol. The first-order valence-corrected chi connectivity index (χ1v) is 12.2. The zero-order chi connectivity index (χ0) is 23.5. The number of halogens is 1. The third-order valence-electron chi connectivity index (χ3n) is 6.68. The van der Waals surface area contributed by atoms with Crippen LogP contribution in [0.4, 0.5) is 10.5 Å². The van der Waals surface area contributed by atoms with Crippen LogP contribution in [0.3, 0.4) is 0 Å². The number of hydrogen-bond donors (Lipinski definition) is 2. The van der Waals surface area contributed by atoms with Crippen molar-refractivity contribution in [3.05, 3.63) is 58.6 Å². The van der Waals surface area contributed by atoms with Gasteiger partial charge in [0.25, 0.3) is 0 Å². The summed E-state index contributed by atoms with van der Waals surface area (Å²) < 4.78 is 6.26. The van der Waals surface area contributed by atoms with Crippen LogP contribution in [-0.2, 0) is 0 Å². The minimum absolute atomic E-state index is 0.188. The molecule has 2 N–H and O–H groups in total. The molecule has 2 aliphatic rings. The number of anilines is 1. The van der Waals surface area contributed by atoms with Crippen molar-refractivity contribution in [3.8, 4) is 5.75 Å². The van der Waals surface area contributed by atoms with E-state index in [1.54, 1.807) is 12.0 Å². The standard InChI is InChI=1S/C25H33BrN4O3/c1-28(2)15-22-24(17-4-6-18(26)7-5-17)23-16-29(14-20(31)12-13-30(22)23)25(32)27-19-8-10-21(33-3)11-9-19/h4-11,20,22-24,31H,12-16H2,1-3H3,(H,27,32)/t20-,22+,23-,24-/m0/s1. The van der Waals surface area contributed by atoms with E-state index in [2.05, 4.69) is 69.4 Å². The fourth-order valence-electron chi connectivity index (χ4n) is 5.07. The van der Waals surface area contributed by atoms with E-state index in [1.165, 1.54) is 5.56 Å². The van der Waals surface area contributed by atoms with Gasteiger partial charge in [0.2, 0.25) is 0 Å². The summed E-state index contributed by atoms with van der Waals surface area (Å²) >= 11 is 3.54. The SMILES string of the molecule is COc1ccc(NC(=O)N2C[C@@H](O)CCN3[C@H](CN(C)C)[C@H](c4ccc(Br)cc4)[C@@H]3C2)cc1. The Morgan fingerprint density at radius 3 is 2.48 bits per heavy atom. The molecule has 0 saturated carbocycles. The van der Waals surface area contributed by atoms with Crippen LogP contribution < -0.4 is 10.1 Å². The molecule has 178 valence electrons. The summed E-state index contributed by atoms with van der Waals surface area (Å²) in [7, 11) is 5.81. The summed E-state index contributed by atoms with van der Waals surface area (Å²) in [5, 5.41) is 13.6. The minimum atomic E-state index is -0.542. The number of carbonyl (C=O) groups excluding carboxylic acids is 1. The number of rotatable bonds is 5. The van der Waals surface area contributed by atoms with E-state index in [-0.39, 0.29) is 12.1 Å². The number of fused-ring (bicyclic) bond motifs is 1. The molecule has 2 saturated heterocycles. The van der Waals surface area contributed by atoms with Gasteiger partial charge >= 0.3 is 6.03 Å². The summed E-state index contributed by atoms with van der Waals surface area (Å²) in [5.74, 6) is 1.07. The lowest BCUT2D eigenvalue weighted by atomic mass is 9.73. The summed E-state index contributed by atoms with van der Waals surface area (Å²) in [4.78, 5) is 19.7. The van der Waals surface area contributed by atoms with Crippen molar-refractivity contribution in [1.82, 2.24) is 14.7 Å². The fourth-order valence-corrected chi connectivity index (χ4v) is 5.34. The van der Waals surface area contributed by atoms with Gasteiger partial charge in [-0.3, -0.25) is 4.90 Å². The smallest absolute Gasteiger partial charge is 0.321 e. The van der Waals surface area contributed by atoms with Crippen LogP contribution >= 0.6 is 15.9 Å². The number of likely N-dealkylation sites (N-methyl/N-ethyl adjacent to an activating group) is 1. The van der Waals surface area contributed by atoms with E-state index >= 15 is 0 Å². The zero-order valence-corrected chi connectivity index (χ0v) is 21.0. The van der Waals surface area contributed by atoms with Crippen LogP contribution in [0.15, 0.2) is 53.0 Å². The second-order valence-corrected chi connectivity index (χ2v) is 10.1. The summed E-state index contributed by atoms with van der Waals surface area (Å²) in [6.07, 6.45) is 0.110. The Kier molecular flexibility index (Phi) is 7.58. The number of ether oxygens (including phenoxy) is 1. The van der Waals surface area contributed by atoms with E-state index in [0.717, 1.165) is 23.3 Å². The van der Waals surface area contributed by atoms with E-state index in [0.29, 0.717) is 37.2 Å². The minimum Gasteiger partial charge on any atom is -0.497 e. The van der Waals surface area contributed by atoms with Gasteiger partial charge in [0, 0.05) is 54.3 Å². The van der Waals surface area contributed by atoms with E-state index in [4.69, 9.17) is 4.74 Å². The Labute approximate surface area is 204 Å². The molecule has 33 heavy (non-hydrogen) atoms. The molecule has 4 atom stereocenters. The van der Waals surface area contributed by atoms with Gasteiger partial charge in [-0.25, -0.2) is 4.79 Å². The van der Waals surface area contributed by atoms with Crippen LogP contribution in [0, 0.1) is 0 Å². The first-order chi connectivity index (χ1) is 15.9. The van der Waals surface area contributed by atoms with Gasteiger partial charge in [-0.05, 0) is 62.5 Å². The molecular formula is C25H33BrN4O3. The van der Waals surface area contributed by atoms with Gasteiger partial charge in [-0.1, -0.05) is 28.1 Å². The monoisotopic (exact) mass is 516 g/mol. The van der Waals surface area contributed by atoms with Crippen LogP contribution in [0.25, 0.3) is 0 Å². The molecule has 2 amide bonds. The maximum Gasteiger partial charge on any atom is 0.321 e. The first kappa shape index (κ1) is 24.0. The molecule has 7 nitrogen and oxygen atoms in total. The van der Waals surface area contributed by atoms with Crippen LogP contribution in [-0.4, -0.2) is 91.4 Å². The van der Waals surface area contributed by atoms with Gasteiger partial charge in [-0.15, -0.1) is 0 Å². The summed E-state index contributed by atoms with van der Waals surface area (Å²) in [6.45, 7) is 2.68. The number of β-amino-alcohol motifs (C(OH)–C–C–N with tert-alkyl or cyclic N) is 1. The molecule has 8 heteroatoms. The molecule has 0 unspecified atom stereocenters. The summed E-state index contributed by atoms with van der Waals surface area (Å²) in [6, 6.07) is 16.2. The highest BCUT2D eigenvalue weighted by Gasteiger charge is 2.50. The van der Waals surface area contributed by atoms with E-state index in [1.807, 2.05) is 24.3 Å². The highest BCUT2D eigenvalue weighted by atomic mass is 79.9. The van der Waals surface area contributed by atoms with Gasteiger partial charge in [0.05, 0.1) is 13.2 Å². The lowest BCUT2D eigenvalue weighted by Gasteiger charge is -2.58. The highest BCUT2D eigenvalue weighted by molar-refractivity contribution is 9.10. The second-order valence-electron chi connectivity index (χ2n) is 9.22. The quantitative estimate of drug-likeness (QED) is 0.636. The second kappa shape index (κ2) is 10.4. The number of aliphatic hydroxyl groups is 1. The van der Waals surface area contributed by atoms with Gasteiger partial charge in [0.15, 0.2) is 0 Å². The number of benzene rings is 2. The highest BCUT2D eigenvalue weighted by Crippen LogP contribution is 2.42. The fraction of sp³-hybridized carbons (Fsp3) is 0.480. The first-order valence-electron chi connectivity index (χ1n) is 11.4. The number of hydrogen-bond acceptors (Lipinski definition) is 5. The Morgan fingerprint density at radius 2 is 1.85 bits per heavy atom. The molecule has 2 fully saturated rings. The average molecular weight is 517 g/mol. The number of aliphatic hydroxyl groups excluding tert-OH is 1. The topological polar surface area (TPSA) is 68.3 Å². The van der Waals surface area contributed by atoms with Crippen LogP contribution in [0.5, 0.6) is 5.75 Å². The number of nitrogens with zero attached hydrogens (tertiary/aromatic N) is 3. The zero-order valence-electron chi connectivity index (χ0n) is 19.4. The number of nitrogens with one attached hydrogen (secondary N) is 1. The molecule has 2 heterocycles. The number of carbonyl (C=O) groups is 1. The van der Waals surface area contributed by atoms with Crippen LogP contribution in [0.2, 0.25) is 0 Å². The van der Waals surface area contributed by atoms with E-state index in [9.17, 15) is 9.90 Å². The van der Waals surface area contributed by atoms with Crippen molar-refractivity contribution in [2.24, 2.45) is 0 Å². The van der Waals surface area contributed by atoms with Crippen molar-refractivity contribution in [2.45, 2.75) is 30.5 Å². The number of urea groups is 1. The molecule has 2 aromatic rings. The van der Waals surface area contributed by atoms with Gasteiger partial charge < -0.3 is 25.0 Å². The van der Waals surface area contributed by atoms with Crippen molar-refractivity contribution in [2.75, 3.05) is 52.7 Å². The molecule has 4 rings (SSSR count). The lowest BCUT2D eigenvalue weighted by Crippen LogP contribution is -2.69. The third kappa shape index (κ3) is 5.51. The number of amides is 2. The van der Waals surface area contributed by atoms with Gasteiger partial charge in [0.1, 0.15) is 5.75 Å². The number of methoxy groups -OCH3 is 1. The molecule has 0 radical (unpaired) electrons. The lowest BCUT2D eigenvalue weighted by molar-refractivity contribution is -0.0605. The Morgan fingerprint density at radius 1 is 1.15 bits per heavy atom. The molecule has 2 aliphatic heterocycles. The third-order valence-corrected chi connectivity index (χ3v) is 7.20. The molecule has 0 bridgehead atoms. The van der Waals surface area contributed by atoms with Crippen molar-refractivity contribution in [3.63, 3.8) is 0 Å². The molecular weight excluding hydrogens is 484 g/mol. The summed E-state index contributed by atoms with van der Waals surface area (Å²) in [5.41, 5.74) is 2.00. The molecule has 2 aromatic carbocycles. The molecule has 0 aliphatic carbocycles. The average Bonchev–Trinajstić information content (AvgIpc) is 2.78. The van der Waals surface area contributed by atoms with Crippen molar-refractivity contribution in [1.29, 1.82) is 0 Å². The largest absolute Gasteiger partial charge is 0.497 e. The Balaban J connectivity index is 1.55. The van der Waals surface area contributed by atoms with Crippen molar-refractivity contribution >= 4 is 27.6 Å². The van der Waals surface area contributed by atoms with Crippen molar-refractivity contribution < 1.29 is 14.6 Å². The normalized spacial score (nSPS) is 25.6. The van der Waals surface area contributed by atoms with E-state index < -0.39 is 6.10 Å². The Hall–Kier alpha value is -2.13.